The number of aromatic amines is 1. The van der Waals surface area contributed by atoms with E-state index in [1.807, 2.05) is 34.7 Å². The molecule has 1 atom stereocenters. The lowest BCUT2D eigenvalue weighted by Crippen LogP contribution is -2.29. The normalized spacial score (nSPS) is 17.4. The highest BCUT2D eigenvalue weighted by atomic mass is 16.5. The molecule has 25 heavy (non-hydrogen) atoms. The van der Waals surface area contributed by atoms with E-state index < -0.39 is 0 Å². The van der Waals surface area contributed by atoms with E-state index in [4.69, 9.17) is 4.74 Å². The summed E-state index contributed by atoms with van der Waals surface area (Å²) in [5, 5.41) is 12.5. The number of carbonyl (C=O) groups excluding carboxylic acids is 1. The van der Waals surface area contributed by atoms with E-state index in [1.54, 1.807) is 7.11 Å². The topological polar surface area (TPSA) is 76.0 Å². The van der Waals surface area contributed by atoms with E-state index >= 15 is 0 Å². The number of fused-ring (bicyclic) bond motifs is 1. The van der Waals surface area contributed by atoms with Crippen LogP contribution in [0.15, 0.2) is 24.3 Å². The summed E-state index contributed by atoms with van der Waals surface area (Å²) in [6.07, 6.45) is 0.902. The number of hydrogen-bond acceptors (Lipinski definition) is 4. The molecule has 1 aliphatic heterocycles. The number of hydrogen-bond donors (Lipinski definition) is 1. The average Bonchev–Trinajstić information content (AvgIpc) is 3.31. The van der Waals surface area contributed by atoms with E-state index in [1.165, 1.54) is 0 Å². The Balaban J connectivity index is 1.59. The first-order valence-corrected chi connectivity index (χ1v) is 8.41. The molecule has 3 heterocycles. The molecule has 7 heteroatoms. The first-order chi connectivity index (χ1) is 12.1. The van der Waals surface area contributed by atoms with Crippen molar-refractivity contribution in [3.63, 3.8) is 0 Å². The first kappa shape index (κ1) is 15.7. The maximum Gasteiger partial charge on any atom is 0.275 e. The molecular formula is C18H21N5O2. The van der Waals surface area contributed by atoms with Gasteiger partial charge in [0.2, 0.25) is 0 Å². The van der Waals surface area contributed by atoms with Crippen LogP contribution in [0.4, 0.5) is 0 Å². The van der Waals surface area contributed by atoms with Crippen LogP contribution < -0.4 is 4.74 Å². The summed E-state index contributed by atoms with van der Waals surface area (Å²) in [6.45, 7) is 5.40. The number of nitrogens with zero attached hydrogens (tertiary/aromatic N) is 4. The van der Waals surface area contributed by atoms with Crippen LogP contribution in [0.3, 0.4) is 0 Å². The number of amides is 1. The lowest BCUT2D eigenvalue weighted by Gasteiger charge is -2.16. The highest BCUT2D eigenvalue weighted by Crippen LogP contribution is 2.27. The third-order valence-corrected chi connectivity index (χ3v) is 4.81. The molecule has 0 spiro atoms. The second-order valence-electron chi connectivity index (χ2n) is 6.55. The van der Waals surface area contributed by atoms with Crippen LogP contribution in [0.2, 0.25) is 0 Å². The predicted octanol–water partition coefficient (Wildman–Crippen LogP) is 2.47. The zero-order valence-electron chi connectivity index (χ0n) is 14.6. The minimum atomic E-state index is -0.0523. The maximum atomic E-state index is 13.0. The zero-order valence-corrected chi connectivity index (χ0v) is 14.6. The van der Waals surface area contributed by atoms with Gasteiger partial charge in [0, 0.05) is 24.2 Å². The van der Waals surface area contributed by atoms with Gasteiger partial charge in [-0.2, -0.15) is 10.2 Å². The molecule has 0 unspecified atom stereocenters. The third-order valence-electron chi connectivity index (χ3n) is 4.81. The Morgan fingerprint density at radius 1 is 1.32 bits per heavy atom. The van der Waals surface area contributed by atoms with Gasteiger partial charge in [0.1, 0.15) is 5.75 Å². The standard InChI is InChI=1S/C18H21N5O2/c1-11-8-12(2)23(21-11)13-6-7-22(10-13)18(24)17-15-9-14(25-3)4-5-16(15)19-20-17/h4-5,8-9,13H,6-7,10H2,1-3H3,(H,19,20)/t13-/m1/s1. The second-order valence-corrected chi connectivity index (χ2v) is 6.55. The van der Waals surface area contributed by atoms with Crippen molar-refractivity contribution in [3.05, 3.63) is 41.3 Å². The molecule has 1 N–H and O–H groups in total. The van der Waals surface area contributed by atoms with Crippen molar-refractivity contribution in [2.75, 3.05) is 20.2 Å². The van der Waals surface area contributed by atoms with Gasteiger partial charge < -0.3 is 9.64 Å². The zero-order chi connectivity index (χ0) is 17.6. The average molecular weight is 339 g/mol. The van der Waals surface area contributed by atoms with Gasteiger partial charge in [0.05, 0.1) is 24.4 Å². The fourth-order valence-electron chi connectivity index (χ4n) is 3.57. The molecular weight excluding hydrogens is 318 g/mol. The Kier molecular flexibility index (Phi) is 3.71. The van der Waals surface area contributed by atoms with Crippen LogP contribution in [0.5, 0.6) is 5.75 Å². The Labute approximate surface area is 145 Å². The van der Waals surface area contributed by atoms with E-state index in [0.29, 0.717) is 24.5 Å². The number of aryl methyl sites for hydroxylation is 2. The summed E-state index contributed by atoms with van der Waals surface area (Å²) in [6, 6.07) is 7.86. The predicted molar refractivity (Wildman–Crippen MR) is 93.9 cm³/mol. The lowest BCUT2D eigenvalue weighted by atomic mass is 10.2. The first-order valence-electron chi connectivity index (χ1n) is 8.41. The minimum absolute atomic E-state index is 0.0523. The largest absolute Gasteiger partial charge is 0.497 e. The van der Waals surface area contributed by atoms with Gasteiger partial charge in [-0.05, 0) is 44.5 Å². The number of ether oxygens (including phenoxy) is 1. The summed E-state index contributed by atoms with van der Waals surface area (Å²) >= 11 is 0. The number of nitrogens with one attached hydrogen (secondary N) is 1. The molecule has 1 aromatic carbocycles. The third kappa shape index (κ3) is 2.65. The molecule has 0 radical (unpaired) electrons. The Morgan fingerprint density at radius 2 is 2.16 bits per heavy atom. The Hall–Kier alpha value is -2.83. The molecule has 7 nitrogen and oxygen atoms in total. The smallest absolute Gasteiger partial charge is 0.275 e. The van der Waals surface area contributed by atoms with Crippen molar-refractivity contribution in [1.29, 1.82) is 0 Å². The summed E-state index contributed by atoms with van der Waals surface area (Å²) in [7, 11) is 1.61. The minimum Gasteiger partial charge on any atom is -0.497 e. The maximum absolute atomic E-state index is 13.0. The van der Waals surface area contributed by atoms with Gasteiger partial charge in [0.25, 0.3) is 5.91 Å². The number of H-pyrrole nitrogens is 1. The van der Waals surface area contributed by atoms with Gasteiger partial charge in [-0.25, -0.2) is 0 Å². The van der Waals surface area contributed by atoms with Gasteiger partial charge in [-0.3, -0.25) is 14.6 Å². The van der Waals surface area contributed by atoms with E-state index in [2.05, 4.69) is 28.3 Å². The van der Waals surface area contributed by atoms with E-state index in [-0.39, 0.29) is 11.9 Å². The van der Waals surface area contributed by atoms with Crippen LogP contribution in [-0.4, -0.2) is 51.0 Å². The van der Waals surface area contributed by atoms with Crippen LogP contribution in [-0.2, 0) is 0 Å². The van der Waals surface area contributed by atoms with Crippen molar-refractivity contribution < 1.29 is 9.53 Å². The van der Waals surface area contributed by atoms with Gasteiger partial charge in [0.15, 0.2) is 5.69 Å². The van der Waals surface area contributed by atoms with Gasteiger partial charge >= 0.3 is 0 Å². The van der Waals surface area contributed by atoms with Crippen LogP contribution in [0.25, 0.3) is 10.9 Å². The van der Waals surface area contributed by atoms with Crippen LogP contribution >= 0.6 is 0 Å². The SMILES string of the molecule is COc1ccc2[nH]nc(C(=O)N3CC[C@@H](n4nc(C)cc4C)C3)c2c1. The quantitative estimate of drug-likeness (QED) is 0.795. The molecule has 0 aliphatic carbocycles. The second kappa shape index (κ2) is 5.91. The van der Waals surface area contributed by atoms with E-state index in [9.17, 15) is 4.79 Å². The van der Waals surface area contributed by atoms with Crippen molar-refractivity contribution in [3.8, 4) is 5.75 Å². The number of carbonyl (C=O) groups is 1. The number of aromatic nitrogens is 4. The molecule has 0 saturated carbocycles. The summed E-state index contributed by atoms with van der Waals surface area (Å²) in [5.74, 6) is 0.661. The van der Waals surface area contributed by atoms with Gasteiger partial charge in [-0.15, -0.1) is 0 Å². The lowest BCUT2D eigenvalue weighted by molar-refractivity contribution is 0.0783. The summed E-state index contributed by atoms with van der Waals surface area (Å²) < 4.78 is 7.30. The van der Waals surface area contributed by atoms with Crippen molar-refractivity contribution in [2.24, 2.45) is 0 Å². The molecule has 1 fully saturated rings. The van der Waals surface area contributed by atoms with Crippen LogP contribution in [0.1, 0.15) is 34.3 Å². The van der Waals surface area contributed by atoms with Crippen molar-refractivity contribution >= 4 is 16.8 Å². The highest BCUT2D eigenvalue weighted by molar-refractivity contribution is 6.05. The fourth-order valence-corrected chi connectivity index (χ4v) is 3.57. The molecule has 4 rings (SSSR count). The number of likely N-dealkylation sites (tertiary alicyclic amines) is 1. The number of benzene rings is 1. The molecule has 1 amide bonds. The fraction of sp³-hybridized carbons (Fsp3) is 0.389. The molecule has 2 aromatic heterocycles. The molecule has 0 bridgehead atoms. The monoisotopic (exact) mass is 339 g/mol. The van der Waals surface area contributed by atoms with Crippen LogP contribution in [0, 0.1) is 13.8 Å². The Morgan fingerprint density at radius 3 is 2.88 bits per heavy atom. The van der Waals surface area contributed by atoms with E-state index in [0.717, 1.165) is 28.7 Å². The highest BCUT2D eigenvalue weighted by Gasteiger charge is 2.31. The molecule has 130 valence electrons. The molecule has 1 aliphatic rings. The van der Waals surface area contributed by atoms with Crippen molar-refractivity contribution in [2.45, 2.75) is 26.3 Å². The number of methoxy groups -OCH3 is 1. The summed E-state index contributed by atoms with van der Waals surface area (Å²) in [4.78, 5) is 14.8. The molecule has 1 saturated heterocycles. The summed E-state index contributed by atoms with van der Waals surface area (Å²) in [5.41, 5.74) is 3.42. The number of rotatable bonds is 3. The molecule has 3 aromatic rings. The Bertz CT molecular complexity index is 942. The van der Waals surface area contributed by atoms with Crippen molar-refractivity contribution in [1.82, 2.24) is 24.9 Å². The van der Waals surface area contributed by atoms with Gasteiger partial charge in [-0.1, -0.05) is 0 Å².